The van der Waals surface area contributed by atoms with Gasteiger partial charge in [0.05, 0.1) is 0 Å². The van der Waals surface area contributed by atoms with Crippen molar-refractivity contribution in [2.24, 2.45) is 9.98 Å². The fraction of sp³-hybridized carbons (Fsp3) is 0.500. The van der Waals surface area contributed by atoms with Gasteiger partial charge in [0, 0.05) is 18.3 Å². The van der Waals surface area contributed by atoms with Crippen LogP contribution in [-0.2, 0) is 0 Å². The monoisotopic (exact) mass is 138 g/mol. The van der Waals surface area contributed by atoms with E-state index in [1.54, 1.807) is 6.34 Å². The normalized spacial score (nSPS) is 14.9. The average Bonchev–Trinajstić information content (AvgIpc) is 2.21. The van der Waals surface area contributed by atoms with Crippen LogP contribution in [0.3, 0.4) is 0 Å². The van der Waals surface area contributed by atoms with Crippen molar-refractivity contribution in [2.75, 3.05) is 0 Å². The van der Waals surface area contributed by atoms with Crippen molar-refractivity contribution in [1.29, 1.82) is 0 Å². The van der Waals surface area contributed by atoms with Crippen LogP contribution < -0.4 is 0 Å². The molecule has 0 atom stereocenters. The molecule has 0 aromatic heterocycles. The predicted octanol–water partition coefficient (Wildman–Crippen LogP) is 2.42. The Morgan fingerprint density at radius 1 is 1.40 bits per heavy atom. The van der Waals surface area contributed by atoms with Crippen molar-refractivity contribution in [3.8, 4) is 0 Å². The van der Waals surface area contributed by atoms with Gasteiger partial charge in [-0.2, -0.15) is 0 Å². The fourth-order valence-electron chi connectivity index (χ4n) is 0.508. The summed E-state index contributed by atoms with van der Waals surface area (Å²) in [7, 11) is 0. The number of hydrogen-bond acceptors (Lipinski definition) is 2. The van der Waals surface area contributed by atoms with Crippen LogP contribution in [0.4, 0.5) is 0 Å². The Kier molecular flexibility index (Phi) is 5.63. The Balaban J connectivity index is 0.000000371. The van der Waals surface area contributed by atoms with Gasteiger partial charge in [-0.3, -0.25) is 0 Å². The molecule has 0 N–H and O–H groups in total. The van der Waals surface area contributed by atoms with E-state index in [-0.39, 0.29) is 0 Å². The Labute approximate surface area is 62.4 Å². The van der Waals surface area contributed by atoms with E-state index in [2.05, 4.69) is 9.98 Å². The van der Waals surface area contributed by atoms with Crippen LogP contribution in [0, 0.1) is 0 Å². The summed E-state index contributed by atoms with van der Waals surface area (Å²) in [5.74, 6) is 0. The van der Waals surface area contributed by atoms with Crippen LogP contribution in [-0.4, -0.2) is 12.6 Å². The first kappa shape index (κ1) is 9.08. The summed E-state index contributed by atoms with van der Waals surface area (Å²) in [6, 6.07) is 0. The predicted molar refractivity (Wildman–Crippen MR) is 46.7 cm³/mol. The quantitative estimate of drug-likeness (QED) is 0.491. The third kappa shape index (κ3) is 4.01. The van der Waals surface area contributed by atoms with Crippen molar-refractivity contribution in [1.82, 2.24) is 0 Å². The topological polar surface area (TPSA) is 24.7 Å². The Hall–Kier alpha value is -0.920. The lowest BCUT2D eigenvalue weighted by Gasteiger charge is -1.81. The van der Waals surface area contributed by atoms with E-state index in [0.717, 1.165) is 12.1 Å². The first-order chi connectivity index (χ1) is 4.89. The third-order valence-electron chi connectivity index (χ3n) is 0.952. The van der Waals surface area contributed by atoms with Crippen LogP contribution in [0.15, 0.2) is 21.8 Å². The standard InChI is InChI=1S/C6H8N2.C2H6/c1-6-3-2-4-7-5-8-6;1-2/h3-5H,2H2,1H3;1-2H3. The molecule has 2 nitrogen and oxygen atoms in total. The second-order valence-corrected chi connectivity index (χ2v) is 1.66. The lowest BCUT2D eigenvalue weighted by Crippen LogP contribution is -1.66. The van der Waals surface area contributed by atoms with E-state index in [9.17, 15) is 0 Å². The summed E-state index contributed by atoms with van der Waals surface area (Å²) in [5.41, 5.74) is 1.04. The zero-order chi connectivity index (χ0) is 7.82. The molecule has 1 aliphatic rings. The maximum absolute atomic E-state index is 3.96. The maximum Gasteiger partial charge on any atom is 0.115 e. The fourth-order valence-corrected chi connectivity index (χ4v) is 0.508. The highest BCUT2D eigenvalue weighted by Crippen LogP contribution is 1.96. The lowest BCUT2D eigenvalue weighted by molar-refractivity contribution is 1.28. The summed E-state index contributed by atoms with van der Waals surface area (Å²) >= 11 is 0. The molecule has 0 saturated heterocycles. The van der Waals surface area contributed by atoms with Crippen LogP contribution >= 0.6 is 0 Å². The van der Waals surface area contributed by atoms with Gasteiger partial charge < -0.3 is 0 Å². The summed E-state index contributed by atoms with van der Waals surface area (Å²) in [4.78, 5) is 7.81. The van der Waals surface area contributed by atoms with Gasteiger partial charge in [0.15, 0.2) is 0 Å². The van der Waals surface area contributed by atoms with E-state index < -0.39 is 0 Å². The summed E-state index contributed by atoms with van der Waals surface area (Å²) in [5, 5.41) is 0. The van der Waals surface area contributed by atoms with Gasteiger partial charge in [0.1, 0.15) is 6.34 Å². The first-order valence-corrected chi connectivity index (χ1v) is 3.60. The summed E-state index contributed by atoms with van der Waals surface area (Å²) in [6.45, 7) is 5.96. The summed E-state index contributed by atoms with van der Waals surface area (Å²) in [6.07, 6.45) is 6.34. The van der Waals surface area contributed by atoms with Gasteiger partial charge in [0.2, 0.25) is 0 Å². The molecular weight excluding hydrogens is 124 g/mol. The Morgan fingerprint density at radius 2 is 2.10 bits per heavy atom. The highest BCUT2D eigenvalue weighted by Gasteiger charge is 1.82. The smallest absolute Gasteiger partial charge is 0.115 e. The van der Waals surface area contributed by atoms with Crippen LogP contribution in [0.1, 0.15) is 27.2 Å². The van der Waals surface area contributed by atoms with Gasteiger partial charge in [0.25, 0.3) is 0 Å². The molecule has 0 aromatic carbocycles. The first-order valence-electron chi connectivity index (χ1n) is 3.60. The number of hydrogen-bond donors (Lipinski definition) is 0. The maximum atomic E-state index is 3.96. The summed E-state index contributed by atoms with van der Waals surface area (Å²) < 4.78 is 0. The van der Waals surface area contributed by atoms with Crippen LogP contribution in [0.5, 0.6) is 0 Å². The second-order valence-electron chi connectivity index (χ2n) is 1.66. The van der Waals surface area contributed by atoms with Crippen molar-refractivity contribution < 1.29 is 0 Å². The minimum Gasteiger partial charge on any atom is -0.249 e. The molecule has 0 spiro atoms. The molecule has 0 fully saturated rings. The van der Waals surface area contributed by atoms with Crippen molar-refractivity contribution >= 4 is 12.6 Å². The molecule has 0 unspecified atom stereocenters. The number of allylic oxidation sites excluding steroid dienone is 2. The van der Waals surface area contributed by atoms with Crippen molar-refractivity contribution in [2.45, 2.75) is 27.2 Å². The zero-order valence-corrected chi connectivity index (χ0v) is 6.83. The van der Waals surface area contributed by atoms with Gasteiger partial charge in [-0.1, -0.05) is 19.9 Å². The van der Waals surface area contributed by atoms with E-state index in [1.807, 2.05) is 33.1 Å². The molecule has 0 saturated carbocycles. The molecule has 0 amide bonds. The average molecular weight is 138 g/mol. The molecule has 0 bridgehead atoms. The van der Waals surface area contributed by atoms with E-state index in [1.165, 1.54) is 0 Å². The molecule has 0 aliphatic carbocycles. The van der Waals surface area contributed by atoms with Gasteiger partial charge in [-0.15, -0.1) is 0 Å². The third-order valence-corrected chi connectivity index (χ3v) is 0.952. The van der Waals surface area contributed by atoms with E-state index in [0.29, 0.717) is 0 Å². The molecule has 0 aromatic rings. The number of nitrogens with zero attached hydrogens (tertiary/aromatic N) is 2. The zero-order valence-electron chi connectivity index (χ0n) is 6.83. The van der Waals surface area contributed by atoms with E-state index >= 15 is 0 Å². The lowest BCUT2D eigenvalue weighted by atomic mass is 10.4. The number of aliphatic imine (C=N–C) groups is 2. The van der Waals surface area contributed by atoms with E-state index in [4.69, 9.17) is 0 Å². The molecule has 1 heterocycles. The number of rotatable bonds is 0. The van der Waals surface area contributed by atoms with Crippen LogP contribution in [0.2, 0.25) is 0 Å². The largest absolute Gasteiger partial charge is 0.249 e. The highest BCUT2D eigenvalue weighted by molar-refractivity contribution is 5.74. The minimum atomic E-state index is 0.909. The minimum absolute atomic E-state index is 0.909. The molecule has 56 valence electrons. The molecule has 1 aliphatic heterocycles. The Morgan fingerprint density at radius 3 is 2.80 bits per heavy atom. The van der Waals surface area contributed by atoms with Gasteiger partial charge in [-0.05, 0) is 6.92 Å². The van der Waals surface area contributed by atoms with Crippen molar-refractivity contribution in [3.05, 3.63) is 11.8 Å². The SMILES string of the molecule is CC.CC1=CCC=NC=N1. The second kappa shape index (κ2) is 6.20. The van der Waals surface area contributed by atoms with Crippen molar-refractivity contribution in [3.63, 3.8) is 0 Å². The Bertz CT molecular complexity index is 152. The molecular formula is C8H14N2. The van der Waals surface area contributed by atoms with Gasteiger partial charge >= 0.3 is 0 Å². The molecule has 1 rings (SSSR count). The molecule has 0 radical (unpaired) electrons. The molecule has 10 heavy (non-hydrogen) atoms. The molecule has 2 heteroatoms. The van der Waals surface area contributed by atoms with Crippen LogP contribution in [0.25, 0.3) is 0 Å². The highest BCUT2D eigenvalue weighted by atomic mass is 14.9. The van der Waals surface area contributed by atoms with Gasteiger partial charge in [-0.25, -0.2) is 9.98 Å².